The Bertz CT molecular complexity index is 720. The maximum atomic E-state index is 12.1. The zero-order chi connectivity index (χ0) is 17.5. The summed E-state index contributed by atoms with van der Waals surface area (Å²) in [7, 11) is 1.55. The summed E-state index contributed by atoms with van der Waals surface area (Å²) in [5, 5.41) is 13.7. The Kier molecular flexibility index (Phi) is 6.51. The van der Waals surface area contributed by atoms with Crippen LogP contribution in [0.4, 0.5) is 5.13 Å². The van der Waals surface area contributed by atoms with Crippen molar-refractivity contribution in [2.24, 2.45) is 0 Å². The van der Waals surface area contributed by atoms with E-state index < -0.39 is 5.38 Å². The predicted octanol–water partition coefficient (Wildman–Crippen LogP) is 2.08. The van der Waals surface area contributed by atoms with Gasteiger partial charge in [0, 0.05) is 18.5 Å². The van der Waals surface area contributed by atoms with Gasteiger partial charge in [0.1, 0.15) is 16.1 Å². The maximum Gasteiger partial charge on any atom is 0.251 e. The lowest BCUT2D eigenvalue weighted by Crippen LogP contribution is -2.25. The van der Waals surface area contributed by atoms with Gasteiger partial charge in [-0.25, -0.2) is 0 Å². The summed E-state index contributed by atoms with van der Waals surface area (Å²) >= 11 is 6.92. The second-order valence-corrected chi connectivity index (χ2v) is 6.56. The smallest absolute Gasteiger partial charge is 0.251 e. The molecule has 2 aromatic rings. The fraction of sp³-hybridized carbons (Fsp3) is 0.333. The van der Waals surface area contributed by atoms with Gasteiger partial charge in [-0.1, -0.05) is 17.4 Å². The zero-order valence-corrected chi connectivity index (χ0v) is 14.8. The number of hydrogen-bond donors (Lipinski definition) is 2. The predicted molar refractivity (Wildman–Crippen MR) is 92.9 cm³/mol. The van der Waals surface area contributed by atoms with Crippen molar-refractivity contribution in [3.63, 3.8) is 0 Å². The molecule has 0 saturated carbocycles. The monoisotopic (exact) mass is 368 g/mol. The van der Waals surface area contributed by atoms with E-state index in [1.807, 2.05) is 0 Å². The molecule has 1 aromatic carbocycles. The van der Waals surface area contributed by atoms with Crippen molar-refractivity contribution >= 4 is 39.9 Å². The number of rotatable bonds is 7. The second kappa shape index (κ2) is 8.60. The topological polar surface area (TPSA) is 93.2 Å². The van der Waals surface area contributed by atoms with Crippen molar-refractivity contribution in [3.05, 3.63) is 34.8 Å². The molecule has 2 rings (SSSR count). The highest BCUT2D eigenvalue weighted by Crippen LogP contribution is 2.16. The molecule has 0 aliphatic rings. The van der Waals surface area contributed by atoms with Gasteiger partial charge in [-0.15, -0.1) is 21.8 Å². The molecule has 7 nitrogen and oxygen atoms in total. The number of benzene rings is 1. The first-order chi connectivity index (χ1) is 11.5. The van der Waals surface area contributed by atoms with E-state index in [2.05, 4.69) is 20.8 Å². The van der Waals surface area contributed by atoms with Crippen LogP contribution in [-0.2, 0) is 11.2 Å². The average molecular weight is 369 g/mol. The first-order valence-electron chi connectivity index (χ1n) is 7.19. The van der Waals surface area contributed by atoms with E-state index in [0.717, 1.165) is 0 Å². The molecule has 128 valence electrons. The van der Waals surface area contributed by atoms with Crippen LogP contribution in [0.1, 0.15) is 22.3 Å². The molecule has 0 aliphatic carbocycles. The molecule has 0 radical (unpaired) electrons. The number of nitrogens with zero attached hydrogens (tertiary/aromatic N) is 2. The summed E-state index contributed by atoms with van der Waals surface area (Å²) < 4.78 is 5.09. The van der Waals surface area contributed by atoms with Crippen molar-refractivity contribution in [1.29, 1.82) is 0 Å². The van der Waals surface area contributed by atoms with Gasteiger partial charge in [0.15, 0.2) is 0 Å². The molecule has 2 N–H and O–H groups in total. The number of methoxy groups -OCH3 is 1. The van der Waals surface area contributed by atoms with Crippen LogP contribution < -0.4 is 15.4 Å². The van der Waals surface area contributed by atoms with Crippen molar-refractivity contribution < 1.29 is 14.3 Å². The molecule has 0 bridgehead atoms. The van der Waals surface area contributed by atoms with E-state index in [0.29, 0.717) is 34.4 Å². The molecule has 2 amide bonds. The lowest BCUT2D eigenvalue weighted by Gasteiger charge is -2.05. The molecule has 0 unspecified atom stereocenters. The highest BCUT2D eigenvalue weighted by atomic mass is 35.5. The maximum absolute atomic E-state index is 12.1. The number of carbonyl (C=O) groups is 2. The quantitative estimate of drug-likeness (QED) is 0.730. The summed E-state index contributed by atoms with van der Waals surface area (Å²) in [6, 6.07) is 6.91. The van der Waals surface area contributed by atoms with Crippen LogP contribution in [0.15, 0.2) is 24.3 Å². The zero-order valence-electron chi connectivity index (χ0n) is 13.2. The number of nitrogens with one attached hydrogen (secondary N) is 2. The van der Waals surface area contributed by atoms with Crippen LogP contribution in [0.2, 0.25) is 0 Å². The Hall–Kier alpha value is -2.19. The number of hydrogen-bond acceptors (Lipinski definition) is 6. The lowest BCUT2D eigenvalue weighted by molar-refractivity contribution is -0.115. The van der Waals surface area contributed by atoms with Crippen molar-refractivity contribution in [2.45, 2.75) is 18.7 Å². The van der Waals surface area contributed by atoms with E-state index in [1.165, 1.54) is 11.3 Å². The second-order valence-electron chi connectivity index (χ2n) is 4.84. The lowest BCUT2D eigenvalue weighted by atomic mass is 10.2. The van der Waals surface area contributed by atoms with E-state index in [9.17, 15) is 9.59 Å². The number of aromatic nitrogens is 2. The Morgan fingerprint density at radius 1 is 1.38 bits per heavy atom. The average Bonchev–Trinajstić information content (AvgIpc) is 3.02. The van der Waals surface area contributed by atoms with Crippen LogP contribution in [0.3, 0.4) is 0 Å². The van der Waals surface area contributed by atoms with Crippen LogP contribution >= 0.6 is 22.9 Å². The fourth-order valence-corrected chi connectivity index (χ4v) is 2.56. The summed E-state index contributed by atoms with van der Waals surface area (Å²) in [5.41, 5.74) is 0.524. The Morgan fingerprint density at radius 3 is 2.88 bits per heavy atom. The number of alkyl halides is 1. The number of carbonyl (C=O) groups excluding carboxylic acids is 2. The van der Waals surface area contributed by atoms with Crippen LogP contribution in [0.5, 0.6) is 5.75 Å². The van der Waals surface area contributed by atoms with E-state index in [1.54, 1.807) is 38.3 Å². The third-order valence-electron chi connectivity index (χ3n) is 3.01. The highest BCUT2D eigenvalue weighted by molar-refractivity contribution is 7.15. The Balaban J connectivity index is 1.82. The Labute approximate surface area is 148 Å². The largest absolute Gasteiger partial charge is 0.497 e. The van der Waals surface area contributed by atoms with Crippen molar-refractivity contribution in [1.82, 2.24) is 15.5 Å². The molecule has 1 heterocycles. The summed E-state index contributed by atoms with van der Waals surface area (Å²) in [5.74, 6) is 0.106. The van der Waals surface area contributed by atoms with Crippen molar-refractivity contribution in [2.75, 3.05) is 19.0 Å². The molecule has 1 aromatic heterocycles. The molecule has 0 saturated heterocycles. The molecular weight excluding hydrogens is 352 g/mol. The van der Waals surface area contributed by atoms with E-state index >= 15 is 0 Å². The van der Waals surface area contributed by atoms with Gasteiger partial charge in [-0.2, -0.15) is 0 Å². The first kappa shape index (κ1) is 18.2. The summed E-state index contributed by atoms with van der Waals surface area (Å²) in [6.45, 7) is 1.98. The Morgan fingerprint density at radius 2 is 2.17 bits per heavy atom. The van der Waals surface area contributed by atoms with Gasteiger partial charge in [0.05, 0.1) is 7.11 Å². The van der Waals surface area contributed by atoms with Gasteiger partial charge < -0.3 is 10.1 Å². The summed E-state index contributed by atoms with van der Waals surface area (Å²) in [4.78, 5) is 23.5. The normalized spacial score (nSPS) is 11.6. The van der Waals surface area contributed by atoms with Gasteiger partial charge in [0.25, 0.3) is 5.91 Å². The van der Waals surface area contributed by atoms with Gasteiger partial charge >= 0.3 is 0 Å². The molecule has 0 spiro atoms. The van der Waals surface area contributed by atoms with Crippen LogP contribution in [0, 0.1) is 0 Å². The standard InChI is InChI=1S/C15H17ClN4O3S/c1-9(16)13(21)18-15-20-19-12(24-15)6-7-17-14(22)10-4-3-5-11(8-10)23-2/h3-5,8-9H,6-7H2,1-2H3,(H,17,22)(H,18,20,21)/t9-/m1/s1. The third-order valence-corrected chi connectivity index (χ3v) is 4.11. The highest BCUT2D eigenvalue weighted by Gasteiger charge is 2.13. The molecule has 0 fully saturated rings. The number of amides is 2. The minimum atomic E-state index is -0.639. The molecular formula is C15H17ClN4O3S. The van der Waals surface area contributed by atoms with E-state index in [4.69, 9.17) is 16.3 Å². The summed E-state index contributed by atoms with van der Waals surface area (Å²) in [6.07, 6.45) is 0.514. The third kappa shape index (κ3) is 5.17. The molecule has 0 aliphatic heterocycles. The molecule has 1 atom stereocenters. The SMILES string of the molecule is COc1cccc(C(=O)NCCc2nnc(NC(=O)[C@@H](C)Cl)s2)c1. The van der Waals surface area contributed by atoms with E-state index in [-0.39, 0.29) is 11.8 Å². The van der Waals surface area contributed by atoms with Crippen molar-refractivity contribution in [3.8, 4) is 5.75 Å². The van der Waals surface area contributed by atoms with Gasteiger partial charge in [-0.05, 0) is 25.1 Å². The number of halogens is 1. The molecule has 9 heteroatoms. The first-order valence-corrected chi connectivity index (χ1v) is 8.44. The molecule has 24 heavy (non-hydrogen) atoms. The van der Waals surface area contributed by atoms with Crippen LogP contribution in [0.25, 0.3) is 0 Å². The minimum Gasteiger partial charge on any atom is -0.497 e. The van der Waals surface area contributed by atoms with Gasteiger partial charge in [-0.3, -0.25) is 14.9 Å². The van der Waals surface area contributed by atoms with Crippen LogP contribution in [-0.4, -0.2) is 41.0 Å². The fourth-order valence-electron chi connectivity index (χ4n) is 1.76. The number of ether oxygens (including phenoxy) is 1. The minimum absolute atomic E-state index is 0.192. The van der Waals surface area contributed by atoms with Gasteiger partial charge in [0.2, 0.25) is 11.0 Å². The number of anilines is 1.